The van der Waals surface area contributed by atoms with E-state index in [2.05, 4.69) is 27.0 Å². The summed E-state index contributed by atoms with van der Waals surface area (Å²) in [7, 11) is 0. The Balaban J connectivity index is 2.15. The molecule has 2 aromatic rings. The van der Waals surface area contributed by atoms with Gasteiger partial charge in [-0.3, -0.25) is 0 Å². The number of carbonyl (C=O) groups is 2. The summed E-state index contributed by atoms with van der Waals surface area (Å²) < 4.78 is 23.6. The first-order valence-corrected chi connectivity index (χ1v) is 13.8. The molecule has 2 unspecified atom stereocenters. The minimum absolute atomic E-state index is 0.253. The van der Waals surface area contributed by atoms with Crippen LogP contribution in [0.5, 0.6) is 11.5 Å². The summed E-state index contributed by atoms with van der Waals surface area (Å²) in [6.45, 7) is 15.4. The summed E-state index contributed by atoms with van der Waals surface area (Å²) >= 11 is 0. The SMILES string of the molecule is C=C(C)C(=O)OC(CCCCC)COc1cccc2c(OCC(CCCCC)OC(=O)C(=C)C)cccc12. The number of benzene rings is 2. The standard InChI is InChI=1S/C32H44O6/c1-7-9-11-15-25(37-31(33)23(3)4)21-35-29-19-13-18-28-27(29)17-14-20-30(28)36-22-26(16-12-10-8-2)38-32(34)24(5)6/h13-14,17-20,25-26H,3,5,7-12,15-16,21-22H2,1-2,4,6H3. The van der Waals surface area contributed by atoms with Crippen molar-refractivity contribution in [1.29, 1.82) is 0 Å². The first kappa shape index (κ1) is 30.9. The fraction of sp³-hybridized carbons (Fsp3) is 0.500. The number of hydrogen-bond donors (Lipinski definition) is 0. The fourth-order valence-corrected chi connectivity index (χ4v) is 3.97. The van der Waals surface area contributed by atoms with Gasteiger partial charge >= 0.3 is 11.9 Å². The van der Waals surface area contributed by atoms with Crippen molar-refractivity contribution in [2.24, 2.45) is 0 Å². The van der Waals surface area contributed by atoms with E-state index in [9.17, 15) is 9.59 Å². The molecule has 0 fully saturated rings. The molecule has 0 aromatic heterocycles. The summed E-state index contributed by atoms with van der Waals surface area (Å²) in [6, 6.07) is 11.6. The second-order valence-corrected chi connectivity index (χ2v) is 9.84. The molecule has 0 aliphatic carbocycles. The smallest absolute Gasteiger partial charge is 0.333 e. The second kappa shape index (κ2) is 16.5. The Hall–Kier alpha value is -3.28. The summed E-state index contributed by atoms with van der Waals surface area (Å²) in [5, 5.41) is 1.79. The lowest BCUT2D eigenvalue weighted by Gasteiger charge is -2.21. The van der Waals surface area contributed by atoms with Crippen molar-refractivity contribution in [3.05, 3.63) is 60.7 Å². The molecule has 0 spiro atoms. The first-order valence-electron chi connectivity index (χ1n) is 13.8. The average molecular weight is 525 g/mol. The van der Waals surface area contributed by atoms with E-state index >= 15 is 0 Å². The lowest BCUT2D eigenvalue weighted by molar-refractivity contribution is -0.147. The molecule has 0 aliphatic heterocycles. The largest absolute Gasteiger partial charge is 0.489 e. The van der Waals surface area contributed by atoms with E-state index in [1.54, 1.807) is 13.8 Å². The predicted octanol–water partition coefficient (Wildman–Crippen LogP) is 7.73. The second-order valence-electron chi connectivity index (χ2n) is 9.84. The molecule has 208 valence electrons. The van der Waals surface area contributed by atoms with E-state index in [-0.39, 0.29) is 25.4 Å². The van der Waals surface area contributed by atoms with Gasteiger partial charge in [-0.05, 0) is 51.7 Å². The van der Waals surface area contributed by atoms with E-state index in [1.165, 1.54) is 0 Å². The van der Waals surface area contributed by atoms with Crippen LogP contribution in [-0.4, -0.2) is 37.4 Å². The van der Waals surface area contributed by atoms with Gasteiger partial charge in [0, 0.05) is 21.9 Å². The van der Waals surface area contributed by atoms with Gasteiger partial charge in [-0.15, -0.1) is 0 Å². The number of fused-ring (bicyclic) bond motifs is 1. The maximum absolute atomic E-state index is 12.1. The van der Waals surface area contributed by atoms with E-state index < -0.39 is 11.9 Å². The van der Waals surface area contributed by atoms with Crippen LogP contribution in [0.4, 0.5) is 0 Å². The maximum atomic E-state index is 12.1. The summed E-state index contributed by atoms with van der Waals surface area (Å²) in [5.74, 6) is 0.579. The molecule has 6 nitrogen and oxygen atoms in total. The van der Waals surface area contributed by atoms with Crippen molar-refractivity contribution in [3.63, 3.8) is 0 Å². The number of unbranched alkanes of at least 4 members (excludes halogenated alkanes) is 4. The Morgan fingerprint density at radius 2 is 1.08 bits per heavy atom. The molecule has 0 heterocycles. The van der Waals surface area contributed by atoms with Gasteiger partial charge in [0.2, 0.25) is 0 Å². The Kier molecular flexibility index (Phi) is 13.5. The van der Waals surface area contributed by atoms with Gasteiger partial charge in [0.1, 0.15) is 36.9 Å². The van der Waals surface area contributed by atoms with Crippen molar-refractivity contribution in [1.82, 2.24) is 0 Å². The number of hydrogen-bond acceptors (Lipinski definition) is 6. The number of rotatable bonds is 18. The van der Waals surface area contributed by atoms with Crippen LogP contribution in [0.25, 0.3) is 10.8 Å². The normalized spacial score (nSPS) is 12.4. The molecule has 0 bridgehead atoms. The highest BCUT2D eigenvalue weighted by Crippen LogP contribution is 2.33. The zero-order valence-electron chi connectivity index (χ0n) is 23.6. The molecular weight excluding hydrogens is 480 g/mol. The van der Waals surface area contributed by atoms with Gasteiger partial charge in [0.05, 0.1) is 0 Å². The highest BCUT2D eigenvalue weighted by molar-refractivity contribution is 5.93. The summed E-state index contributed by atoms with van der Waals surface area (Å²) in [4.78, 5) is 24.3. The highest BCUT2D eigenvalue weighted by Gasteiger charge is 2.19. The van der Waals surface area contributed by atoms with Crippen molar-refractivity contribution in [2.45, 2.75) is 91.3 Å². The molecule has 0 saturated heterocycles. The molecule has 2 rings (SSSR count). The minimum atomic E-state index is -0.399. The van der Waals surface area contributed by atoms with Crippen LogP contribution in [0.1, 0.15) is 79.1 Å². The Morgan fingerprint density at radius 1 is 0.684 bits per heavy atom. The molecule has 2 aromatic carbocycles. The van der Waals surface area contributed by atoms with Gasteiger partial charge in [-0.25, -0.2) is 9.59 Å². The predicted molar refractivity (Wildman–Crippen MR) is 153 cm³/mol. The monoisotopic (exact) mass is 524 g/mol. The van der Waals surface area contributed by atoms with Crippen molar-refractivity contribution >= 4 is 22.7 Å². The molecule has 0 saturated carbocycles. The molecule has 0 N–H and O–H groups in total. The third kappa shape index (κ3) is 10.2. The van der Waals surface area contributed by atoms with E-state index in [1.807, 2.05) is 36.4 Å². The van der Waals surface area contributed by atoms with Crippen LogP contribution >= 0.6 is 0 Å². The number of carbonyl (C=O) groups excluding carboxylic acids is 2. The van der Waals surface area contributed by atoms with E-state index in [0.29, 0.717) is 22.6 Å². The zero-order valence-corrected chi connectivity index (χ0v) is 23.6. The third-order valence-corrected chi connectivity index (χ3v) is 6.20. The Bertz CT molecular complexity index is 988. The van der Waals surface area contributed by atoms with Crippen LogP contribution in [-0.2, 0) is 19.1 Å². The zero-order chi connectivity index (χ0) is 27.9. The quantitative estimate of drug-likeness (QED) is 0.113. The van der Waals surface area contributed by atoms with Crippen molar-refractivity contribution in [2.75, 3.05) is 13.2 Å². The molecule has 38 heavy (non-hydrogen) atoms. The van der Waals surface area contributed by atoms with Crippen molar-refractivity contribution in [3.8, 4) is 11.5 Å². The van der Waals surface area contributed by atoms with Crippen LogP contribution in [0.15, 0.2) is 60.7 Å². The van der Waals surface area contributed by atoms with Crippen LogP contribution in [0.2, 0.25) is 0 Å². The van der Waals surface area contributed by atoms with Crippen LogP contribution < -0.4 is 9.47 Å². The lowest BCUT2D eigenvalue weighted by atomic mass is 10.1. The van der Waals surface area contributed by atoms with Gasteiger partial charge in [-0.1, -0.05) is 77.0 Å². The molecule has 2 atom stereocenters. The molecule has 6 heteroatoms. The Labute approximate surface area is 228 Å². The highest BCUT2D eigenvalue weighted by atomic mass is 16.6. The summed E-state index contributed by atoms with van der Waals surface area (Å²) in [6.07, 6.45) is 6.96. The van der Waals surface area contributed by atoms with Crippen LogP contribution in [0, 0.1) is 0 Å². The first-order chi connectivity index (χ1) is 18.3. The average Bonchev–Trinajstić information content (AvgIpc) is 2.90. The third-order valence-electron chi connectivity index (χ3n) is 6.20. The number of esters is 2. The molecule has 0 radical (unpaired) electrons. The van der Waals surface area contributed by atoms with E-state index in [4.69, 9.17) is 18.9 Å². The lowest BCUT2D eigenvalue weighted by Crippen LogP contribution is -2.26. The van der Waals surface area contributed by atoms with Gasteiger partial charge < -0.3 is 18.9 Å². The molecule has 0 amide bonds. The molecule has 0 aliphatic rings. The maximum Gasteiger partial charge on any atom is 0.333 e. The van der Waals surface area contributed by atoms with Crippen molar-refractivity contribution < 1.29 is 28.5 Å². The summed E-state index contributed by atoms with van der Waals surface area (Å²) in [5.41, 5.74) is 0.749. The fourth-order valence-electron chi connectivity index (χ4n) is 3.97. The van der Waals surface area contributed by atoms with Crippen LogP contribution in [0.3, 0.4) is 0 Å². The van der Waals surface area contributed by atoms with Gasteiger partial charge in [0.25, 0.3) is 0 Å². The van der Waals surface area contributed by atoms with Gasteiger partial charge in [0.15, 0.2) is 0 Å². The topological polar surface area (TPSA) is 71.1 Å². The number of ether oxygens (including phenoxy) is 4. The Morgan fingerprint density at radius 3 is 1.42 bits per heavy atom. The minimum Gasteiger partial charge on any atom is -0.489 e. The van der Waals surface area contributed by atoms with Gasteiger partial charge in [-0.2, -0.15) is 0 Å². The molecular formula is C32H44O6. The van der Waals surface area contributed by atoms with E-state index in [0.717, 1.165) is 62.1 Å².